The second-order valence-corrected chi connectivity index (χ2v) is 21.1. The van der Waals surface area contributed by atoms with Crippen molar-refractivity contribution in [2.75, 3.05) is 0 Å². The van der Waals surface area contributed by atoms with Crippen LogP contribution in [0, 0.1) is 34.0 Å². The quantitative estimate of drug-likeness (QED) is 0.127. The molecule has 0 saturated heterocycles. The van der Waals surface area contributed by atoms with Gasteiger partial charge in [-0.15, -0.1) is 0 Å². The van der Waals surface area contributed by atoms with E-state index in [0.29, 0.717) is 35.5 Å². The minimum atomic E-state index is -1.09. The molecule has 3 aromatic rings. The summed E-state index contributed by atoms with van der Waals surface area (Å²) in [6, 6.07) is 34.5. The molecule has 46 heavy (non-hydrogen) atoms. The molecule has 0 aliphatic carbocycles. The molecular weight excluding hydrogens is 592 g/mol. The summed E-state index contributed by atoms with van der Waals surface area (Å²) >= 11 is -1.09. The molecule has 3 aromatic carbocycles. The average molecular weight is 662 g/mol. The Labute approximate surface area is 290 Å². The summed E-state index contributed by atoms with van der Waals surface area (Å²) in [5, 5.41) is 4.12. The fourth-order valence-corrected chi connectivity index (χ4v) is 14.6. The molecule has 0 fully saturated rings. The van der Waals surface area contributed by atoms with Crippen molar-refractivity contribution in [3.8, 4) is 0 Å². The van der Waals surface area contributed by atoms with Crippen LogP contribution in [-0.4, -0.2) is 0 Å². The fourth-order valence-electron chi connectivity index (χ4n) is 8.22. The third-order valence-corrected chi connectivity index (χ3v) is 15.7. The number of hydrogen-bond donors (Lipinski definition) is 0. The zero-order valence-electron chi connectivity index (χ0n) is 31.8. The molecule has 3 unspecified atom stereocenters. The Bertz CT molecular complexity index is 1090. The normalized spacial score (nSPS) is 15.1. The Morgan fingerprint density at radius 1 is 0.391 bits per heavy atom. The molecule has 0 nitrogen and oxygen atoms in total. The van der Waals surface area contributed by atoms with Crippen LogP contribution >= 0.6 is 0 Å². The maximum atomic E-state index is 2.62. The van der Waals surface area contributed by atoms with Crippen molar-refractivity contribution in [3.63, 3.8) is 0 Å². The third kappa shape index (κ3) is 11.4. The molecule has 0 N–H and O–H groups in total. The summed E-state index contributed by atoms with van der Waals surface area (Å²) in [5.74, 6) is 3.76. The van der Waals surface area contributed by atoms with Gasteiger partial charge in [0.2, 0.25) is 0 Å². The van der Waals surface area contributed by atoms with E-state index in [2.05, 4.69) is 174 Å². The van der Waals surface area contributed by atoms with E-state index in [9.17, 15) is 0 Å². The van der Waals surface area contributed by atoms with Crippen molar-refractivity contribution in [2.24, 2.45) is 34.0 Å². The fraction of sp³-hybridized carbons (Fsp3) is 0.600. The van der Waals surface area contributed by atoms with E-state index in [-0.39, 0.29) is 16.2 Å². The molecule has 0 spiro atoms. The van der Waals surface area contributed by atoms with E-state index in [0.717, 1.165) is 0 Å². The summed E-state index contributed by atoms with van der Waals surface area (Å²) in [6.45, 7) is 30.2. The summed E-state index contributed by atoms with van der Waals surface area (Å²) < 4.78 is 0. The van der Waals surface area contributed by atoms with Crippen LogP contribution < -0.4 is 0 Å². The van der Waals surface area contributed by atoms with E-state index in [1.54, 1.807) is 0 Å². The molecule has 0 aliphatic rings. The zero-order valence-corrected chi connectivity index (χ0v) is 33.1. The Balaban J connectivity index is 2.07. The number of rotatable bonds is 18. The Hall–Kier alpha value is -1.81. The van der Waals surface area contributed by atoms with E-state index >= 15 is 0 Å². The van der Waals surface area contributed by atoms with Gasteiger partial charge in [-0.2, -0.15) is 0 Å². The van der Waals surface area contributed by atoms with Crippen molar-refractivity contribution in [2.45, 2.75) is 136 Å². The Morgan fingerprint density at radius 3 is 0.804 bits per heavy atom. The maximum absolute atomic E-state index is 2.62. The standard InChI is InChI=1S/3C15H23.Cr/c3*1-12(2)11-14(15(3,4)5)13-9-7-6-8-10-13;/h3*6-10,12,14H,3,11H2,1-2,4-5H3;. The van der Waals surface area contributed by atoms with Crippen LogP contribution in [0.3, 0.4) is 0 Å². The zero-order chi connectivity index (χ0) is 34.1. The van der Waals surface area contributed by atoms with Gasteiger partial charge in [-0.1, -0.05) is 0 Å². The molecule has 0 amide bonds. The van der Waals surface area contributed by atoms with Crippen molar-refractivity contribution in [1.29, 1.82) is 0 Å². The molecule has 0 radical (unpaired) electrons. The van der Waals surface area contributed by atoms with Gasteiger partial charge in [-0.3, -0.25) is 0 Å². The first-order valence-electron chi connectivity index (χ1n) is 18.3. The van der Waals surface area contributed by atoms with Gasteiger partial charge in [-0.25, -0.2) is 0 Å². The van der Waals surface area contributed by atoms with Crippen molar-refractivity contribution >= 4 is 0 Å². The molecule has 255 valence electrons. The van der Waals surface area contributed by atoms with Crippen LogP contribution in [-0.2, 0) is 14.1 Å². The van der Waals surface area contributed by atoms with Gasteiger partial charge < -0.3 is 0 Å². The average Bonchev–Trinajstić information content (AvgIpc) is 2.97. The SMILES string of the molecule is CC(C)CC(c1ccccc1)C(C)(C)[CH2][Cr]([CH2]C(C)(C)C(CC(C)C)c1ccccc1)[CH2]C(C)(C)C(CC(C)C)c1ccccc1. The van der Waals surface area contributed by atoms with Crippen LogP contribution in [0.5, 0.6) is 0 Å². The van der Waals surface area contributed by atoms with Crippen LogP contribution in [0.4, 0.5) is 0 Å². The number of benzene rings is 3. The van der Waals surface area contributed by atoms with Gasteiger partial charge in [0.25, 0.3) is 0 Å². The molecule has 0 heterocycles. The van der Waals surface area contributed by atoms with Gasteiger partial charge >= 0.3 is 292 Å². The monoisotopic (exact) mass is 661 g/mol. The van der Waals surface area contributed by atoms with E-state index in [1.165, 1.54) is 51.8 Å². The van der Waals surface area contributed by atoms with Crippen LogP contribution in [0.2, 0.25) is 15.8 Å². The van der Waals surface area contributed by atoms with E-state index in [1.807, 2.05) is 0 Å². The second kappa shape index (κ2) is 17.0. The molecule has 1 heteroatoms. The van der Waals surface area contributed by atoms with Crippen molar-refractivity contribution < 1.29 is 14.1 Å². The summed E-state index contributed by atoms with van der Waals surface area (Å²) in [7, 11) is 0. The van der Waals surface area contributed by atoms with Gasteiger partial charge in [0, 0.05) is 0 Å². The predicted molar refractivity (Wildman–Crippen MR) is 202 cm³/mol. The van der Waals surface area contributed by atoms with E-state index in [4.69, 9.17) is 0 Å². The second-order valence-electron chi connectivity index (χ2n) is 17.8. The summed E-state index contributed by atoms with van der Waals surface area (Å²) in [5.41, 5.74) is 5.33. The van der Waals surface area contributed by atoms with Gasteiger partial charge in [0.15, 0.2) is 0 Å². The Kier molecular flexibility index (Phi) is 14.3. The van der Waals surface area contributed by atoms with Crippen LogP contribution in [0.15, 0.2) is 91.0 Å². The minimum absolute atomic E-state index is 0.239. The van der Waals surface area contributed by atoms with Gasteiger partial charge in [0.05, 0.1) is 0 Å². The molecule has 0 aliphatic heterocycles. The predicted octanol–water partition coefficient (Wildman–Crippen LogP) is 14.4. The summed E-state index contributed by atoms with van der Waals surface area (Å²) in [4.78, 5) is 0. The van der Waals surface area contributed by atoms with Gasteiger partial charge in [0.1, 0.15) is 0 Å². The van der Waals surface area contributed by atoms with Crippen LogP contribution in [0.25, 0.3) is 0 Å². The van der Waals surface area contributed by atoms with E-state index < -0.39 is 14.1 Å². The first-order chi connectivity index (χ1) is 21.5. The molecule has 0 aromatic heterocycles. The molecule has 3 rings (SSSR count). The molecular formula is C45H69Cr. The first-order valence-corrected chi connectivity index (χ1v) is 21.0. The van der Waals surface area contributed by atoms with Gasteiger partial charge in [-0.05, 0) is 0 Å². The van der Waals surface area contributed by atoms with Crippen molar-refractivity contribution in [1.82, 2.24) is 0 Å². The molecule has 0 bridgehead atoms. The van der Waals surface area contributed by atoms with Crippen LogP contribution in [0.1, 0.15) is 137 Å². The Morgan fingerprint density at radius 2 is 0.609 bits per heavy atom. The number of hydrogen-bond acceptors (Lipinski definition) is 0. The topological polar surface area (TPSA) is 0 Å². The third-order valence-electron chi connectivity index (χ3n) is 10.3. The molecule has 0 saturated carbocycles. The first kappa shape index (κ1) is 38.6. The molecule has 3 atom stereocenters. The van der Waals surface area contributed by atoms with Crippen molar-refractivity contribution in [3.05, 3.63) is 108 Å². The summed E-state index contributed by atoms with van der Waals surface area (Å²) in [6.07, 6.45) is 3.76.